The number of aryl methyl sites for hydroxylation is 2. The molecular formula is C22H26N6. The van der Waals surface area contributed by atoms with E-state index in [1.54, 1.807) is 6.20 Å². The zero-order valence-electron chi connectivity index (χ0n) is 16.5. The van der Waals surface area contributed by atoms with Gasteiger partial charge in [0.15, 0.2) is 5.82 Å². The van der Waals surface area contributed by atoms with Crippen molar-refractivity contribution in [1.82, 2.24) is 19.9 Å². The van der Waals surface area contributed by atoms with Gasteiger partial charge >= 0.3 is 0 Å². The second kappa shape index (κ2) is 8.33. The summed E-state index contributed by atoms with van der Waals surface area (Å²) in [6.45, 7) is 7.06. The van der Waals surface area contributed by atoms with Crippen molar-refractivity contribution in [2.45, 2.75) is 26.7 Å². The third kappa shape index (κ3) is 4.27. The molecule has 1 atom stereocenters. The molecule has 0 amide bonds. The third-order valence-electron chi connectivity index (χ3n) is 5.09. The summed E-state index contributed by atoms with van der Waals surface area (Å²) in [5.74, 6) is 3.23. The van der Waals surface area contributed by atoms with Crippen LogP contribution < -0.4 is 10.2 Å². The average Bonchev–Trinajstić information content (AvgIpc) is 3.22. The number of hydrogen-bond acceptors (Lipinski definition) is 6. The van der Waals surface area contributed by atoms with Crippen molar-refractivity contribution in [3.05, 3.63) is 60.0 Å². The third-order valence-corrected chi connectivity index (χ3v) is 5.09. The number of nitrogens with one attached hydrogen (secondary N) is 1. The van der Waals surface area contributed by atoms with Gasteiger partial charge in [-0.25, -0.2) is 15.0 Å². The van der Waals surface area contributed by atoms with Crippen molar-refractivity contribution in [1.29, 1.82) is 0 Å². The Balaban J connectivity index is 1.46. The Morgan fingerprint density at radius 1 is 1.11 bits per heavy atom. The first-order valence-corrected chi connectivity index (χ1v) is 9.93. The van der Waals surface area contributed by atoms with E-state index < -0.39 is 0 Å². The lowest BCUT2D eigenvalue weighted by molar-refractivity contribution is 0.620. The molecule has 0 spiro atoms. The lowest BCUT2D eigenvalue weighted by atomic mass is 10.1. The minimum atomic E-state index is 0.570. The van der Waals surface area contributed by atoms with E-state index in [0.717, 1.165) is 61.2 Å². The van der Waals surface area contributed by atoms with Crippen molar-refractivity contribution < 1.29 is 0 Å². The fraction of sp³-hybridized carbons (Fsp3) is 0.364. The van der Waals surface area contributed by atoms with Gasteiger partial charge in [0.25, 0.3) is 0 Å². The normalized spacial score (nSPS) is 16.4. The molecule has 0 saturated carbocycles. The molecule has 0 aliphatic carbocycles. The van der Waals surface area contributed by atoms with E-state index in [1.807, 2.05) is 43.3 Å². The Morgan fingerprint density at radius 3 is 2.82 bits per heavy atom. The zero-order valence-corrected chi connectivity index (χ0v) is 16.5. The minimum Gasteiger partial charge on any atom is -0.370 e. The molecule has 1 aliphatic heterocycles. The van der Waals surface area contributed by atoms with Crippen LogP contribution in [-0.2, 0) is 6.42 Å². The van der Waals surface area contributed by atoms with E-state index in [-0.39, 0.29) is 0 Å². The molecule has 0 bridgehead atoms. The first-order valence-electron chi connectivity index (χ1n) is 9.93. The molecule has 144 valence electrons. The molecule has 3 aromatic rings. The van der Waals surface area contributed by atoms with Gasteiger partial charge in [0.1, 0.15) is 17.3 Å². The van der Waals surface area contributed by atoms with Crippen molar-refractivity contribution in [2.75, 3.05) is 29.9 Å². The molecule has 1 unspecified atom stereocenters. The minimum absolute atomic E-state index is 0.570. The number of rotatable bonds is 6. The first-order chi connectivity index (χ1) is 13.7. The van der Waals surface area contributed by atoms with Crippen LogP contribution in [0.15, 0.2) is 48.7 Å². The highest BCUT2D eigenvalue weighted by atomic mass is 15.2. The predicted molar refractivity (Wildman–Crippen MR) is 112 cm³/mol. The van der Waals surface area contributed by atoms with Gasteiger partial charge in [-0.1, -0.05) is 19.1 Å². The topological polar surface area (TPSA) is 66.8 Å². The smallest absolute Gasteiger partial charge is 0.180 e. The van der Waals surface area contributed by atoms with Crippen molar-refractivity contribution in [3.8, 4) is 11.5 Å². The summed E-state index contributed by atoms with van der Waals surface area (Å²) in [6.07, 6.45) is 3.81. The second-order valence-electron chi connectivity index (χ2n) is 7.26. The number of nitrogens with zero attached hydrogens (tertiary/aromatic N) is 5. The first kappa shape index (κ1) is 18.3. The fourth-order valence-corrected chi connectivity index (χ4v) is 3.53. The van der Waals surface area contributed by atoms with E-state index >= 15 is 0 Å². The maximum absolute atomic E-state index is 4.82. The zero-order chi connectivity index (χ0) is 19.3. The van der Waals surface area contributed by atoms with Crippen LogP contribution in [0.2, 0.25) is 0 Å². The monoisotopic (exact) mass is 374 g/mol. The summed E-state index contributed by atoms with van der Waals surface area (Å²) in [5, 5.41) is 3.48. The Bertz CT molecular complexity index is 927. The van der Waals surface area contributed by atoms with Crippen LogP contribution in [0.3, 0.4) is 0 Å². The highest BCUT2D eigenvalue weighted by molar-refractivity contribution is 5.54. The lowest BCUT2D eigenvalue weighted by Gasteiger charge is -2.19. The molecule has 28 heavy (non-hydrogen) atoms. The van der Waals surface area contributed by atoms with Crippen LogP contribution in [0.5, 0.6) is 0 Å². The average molecular weight is 374 g/mol. The standard InChI is InChI=1S/C22H26N6/c1-3-18-13-21(27-22(26-18)19-8-4-5-11-23-19)28-12-10-17(15-28)14-24-20-9-6-7-16(2)25-20/h4-9,11,13,17H,3,10,12,14-15H2,1-2H3,(H,24,25). The molecule has 0 radical (unpaired) electrons. The number of hydrogen-bond donors (Lipinski definition) is 1. The largest absolute Gasteiger partial charge is 0.370 e. The van der Waals surface area contributed by atoms with E-state index in [9.17, 15) is 0 Å². The molecule has 1 N–H and O–H groups in total. The Labute approximate surface area is 166 Å². The van der Waals surface area contributed by atoms with Crippen LogP contribution in [0.4, 0.5) is 11.6 Å². The molecular weight excluding hydrogens is 348 g/mol. The van der Waals surface area contributed by atoms with Gasteiger partial charge in [-0.3, -0.25) is 4.98 Å². The van der Waals surface area contributed by atoms with Gasteiger partial charge in [0.2, 0.25) is 0 Å². The molecule has 4 heterocycles. The van der Waals surface area contributed by atoms with Crippen LogP contribution in [0.25, 0.3) is 11.5 Å². The van der Waals surface area contributed by atoms with Crippen molar-refractivity contribution in [3.63, 3.8) is 0 Å². The second-order valence-corrected chi connectivity index (χ2v) is 7.26. The Hall–Kier alpha value is -3.02. The SMILES string of the molecule is CCc1cc(N2CCC(CNc3cccc(C)n3)C2)nc(-c2ccccn2)n1. The molecule has 4 rings (SSSR count). The molecule has 1 aliphatic rings. The molecule has 6 nitrogen and oxygen atoms in total. The predicted octanol–water partition coefficient (Wildman–Crippen LogP) is 3.74. The molecule has 0 aromatic carbocycles. The number of pyridine rings is 2. The van der Waals surface area contributed by atoms with Gasteiger partial charge in [-0.05, 0) is 49.9 Å². The van der Waals surface area contributed by atoms with E-state index in [4.69, 9.17) is 4.98 Å². The maximum Gasteiger partial charge on any atom is 0.180 e. The van der Waals surface area contributed by atoms with Gasteiger partial charge in [0, 0.05) is 43.3 Å². The van der Waals surface area contributed by atoms with E-state index in [1.165, 1.54) is 0 Å². The van der Waals surface area contributed by atoms with E-state index in [0.29, 0.717) is 11.7 Å². The van der Waals surface area contributed by atoms with E-state index in [2.05, 4.69) is 38.2 Å². The summed E-state index contributed by atoms with van der Waals surface area (Å²) >= 11 is 0. The fourth-order valence-electron chi connectivity index (χ4n) is 3.53. The molecule has 1 saturated heterocycles. The van der Waals surface area contributed by atoms with Crippen LogP contribution in [-0.4, -0.2) is 39.6 Å². The number of aromatic nitrogens is 4. The van der Waals surface area contributed by atoms with Gasteiger partial charge in [0.05, 0.1) is 0 Å². The summed E-state index contributed by atoms with van der Waals surface area (Å²) < 4.78 is 0. The quantitative estimate of drug-likeness (QED) is 0.709. The summed E-state index contributed by atoms with van der Waals surface area (Å²) in [4.78, 5) is 20.8. The van der Waals surface area contributed by atoms with Gasteiger partial charge in [-0.15, -0.1) is 0 Å². The molecule has 1 fully saturated rings. The summed E-state index contributed by atoms with van der Waals surface area (Å²) in [5.41, 5.74) is 2.91. The molecule has 6 heteroatoms. The molecule has 3 aromatic heterocycles. The van der Waals surface area contributed by atoms with Crippen molar-refractivity contribution >= 4 is 11.6 Å². The lowest BCUT2D eigenvalue weighted by Crippen LogP contribution is -2.24. The van der Waals surface area contributed by atoms with Crippen LogP contribution in [0.1, 0.15) is 24.7 Å². The summed E-state index contributed by atoms with van der Waals surface area (Å²) in [7, 11) is 0. The number of anilines is 2. The highest BCUT2D eigenvalue weighted by Gasteiger charge is 2.24. The highest BCUT2D eigenvalue weighted by Crippen LogP contribution is 2.25. The van der Waals surface area contributed by atoms with Crippen LogP contribution >= 0.6 is 0 Å². The van der Waals surface area contributed by atoms with Gasteiger partial charge in [-0.2, -0.15) is 0 Å². The van der Waals surface area contributed by atoms with Crippen molar-refractivity contribution in [2.24, 2.45) is 5.92 Å². The maximum atomic E-state index is 4.82. The summed E-state index contributed by atoms with van der Waals surface area (Å²) in [6, 6.07) is 14.0. The van der Waals surface area contributed by atoms with Gasteiger partial charge < -0.3 is 10.2 Å². The Kier molecular flexibility index (Phi) is 5.46. The Morgan fingerprint density at radius 2 is 2.04 bits per heavy atom. The van der Waals surface area contributed by atoms with Crippen LogP contribution in [0, 0.1) is 12.8 Å².